The van der Waals surface area contributed by atoms with E-state index in [-0.39, 0.29) is 0 Å². The smallest absolute Gasteiger partial charge is 0.289 e. The summed E-state index contributed by atoms with van der Waals surface area (Å²) in [5.41, 5.74) is 3.68. The van der Waals surface area contributed by atoms with Gasteiger partial charge in [-0.2, -0.15) is 0 Å². The Morgan fingerprint density at radius 2 is 1.81 bits per heavy atom. The SMILES string of the molecule is Cc1ccc2c(c1C)[n+](=O)c(C)c(C)n2[O-]. The molecule has 0 unspecified atom stereocenters. The third-order valence-electron chi connectivity index (χ3n) is 3.24. The summed E-state index contributed by atoms with van der Waals surface area (Å²) in [5, 5.41) is 11.9. The van der Waals surface area contributed by atoms with E-state index in [1.54, 1.807) is 19.9 Å². The van der Waals surface area contributed by atoms with Gasteiger partial charge in [0.05, 0.1) is 10.1 Å². The van der Waals surface area contributed by atoms with Crippen LogP contribution in [0.3, 0.4) is 0 Å². The molecule has 16 heavy (non-hydrogen) atoms. The normalized spacial score (nSPS) is 11.0. The number of rotatable bonds is 0. The van der Waals surface area contributed by atoms with Gasteiger partial charge in [-0.15, -0.1) is 0 Å². The highest BCUT2D eigenvalue weighted by Crippen LogP contribution is 2.19. The Balaban J connectivity index is 3.16. The largest absolute Gasteiger partial charge is 0.805 e. The second-order valence-corrected chi connectivity index (χ2v) is 4.13. The molecular weight excluding hydrogens is 204 g/mol. The van der Waals surface area contributed by atoms with E-state index >= 15 is 0 Å². The third kappa shape index (κ3) is 1.23. The zero-order chi connectivity index (χ0) is 12.0. The average molecular weight is 218 g/mol. The minimum Gasteiger partial charge on any atom is -0.805 e. The third-order valence-corrected chi connectivity index (χ3v) is 3.24. The van der Waals surface area contributed by atoms with Crippen molar-refractivity contribution in [1.82, 2.24) is 4.73 Å². The van der Waals surface area contributed by atoms with Crippen LogP contribution in [0.1, 0.15) is 22.5 Å². The van der Waals surface area contributed by atoms with Crippen molar-refractivity contribution < 1.29 is 4.43 Å². The first-order valence-electron chi connectivity index (χ1n) is 5.17. The first-order valence-corrected chi connectivity index (χ1v) is 5.17. The Labute approximate surface area is 93.3 Å². The standard InChI is InChI=1S/C12H14N2O2/c1-7-5-6-11-12(8(7)2)14(16)10(4)9(3)13(11)15/h5-6H,1-4H3. The molecule has 1 heterocycles. The van der Waals surface area contributed by atoms with Gasteiger partial charge in [-0.1, -0.05) is 6.07 Å². The zero-order valence-electron chi connectivity index (χ0n) is 9.87. The molecule has 0 radical (unpaired) electrons. The van der Waals surface area contributed by atoms with Crippen molar-refractivity contribution in [2.45, 2.75) is 27.7 Å². The van der Waals surface area contributed by atoms with Gasteiger partial charge in [-0.25, -0.2) is 0 Å². The highest BCUT2D eigenvalue weighted by Gasteiger charge is 2.18. The van der Waals surface area contributed by atoms with Crippen LogP contribution in [0.4, 0.5) is 0 Å². The first kappa shape index (κ1) is 10.7. The van der Waals surface area contributed by atoms with Gasteiger partial charge >= 0.3 is 0 Å². The van der Waals surface area contributed by atoms with E-state index in [4.69, 9.17) is 0 Å². The van der Waals surface area contributed by atoms with Gasteiger partial charge in [0.15, 0.2) is 0 Å². The van der Waals surface area contributed by atoms with E-state index in [0.717, 1.165) is 20.3 Å². The van der Waals surface area contributed by atoms with Crippen LogP contribution in [0.2, 0.25) is 0 Å². The molecule has 0 saturated heterocycles. The summed E-state index contributed by atoms with van der Waals surface area (Å²) < 4.78 is 1.67. The fraction of sp³-hybridized carbons (Fsp3) is 0.333. The Morgan fingerprint density at radius 1 is 1.19 bits per heavy atom. The number of hydrogen-bond acceptors (Lipinski definition) is 2. The van der Waals surface area contributed by atoms with Crippen molar-refractivity contribution in [1.29, 1.82) is 0 Å². The summed E-state index contributed by atoms with van der Waals surface area (Å²) in [6.45, 7) is 7.11. The Hall–Kier alpha value is -1.84. The molecule has 4 nitrogen and oxygen atoms in total. The van der Waals surface area contributed by atoms with E-state index in [2.05, 4.69) is 0 Å². The van der Waals surface area contributed by atoms with Crippen molar-refractivity contribution in [3.63, 3.8) is 0 Å². The molecule has 0 bridgehead atoms. The lowest BCUT2D eigenvalue weighted by Gasteiger charge is -2.16. The number of hydrogen-bond donors (Lipinski definition) is 0. The summed E-state index contributed by atoms with van der Waals surface area (Å²) >= 11 is 0. The van der Waals surface area contributed by atoms with Crippen LogP contribution in [-0.4, -0.2) is 4.73 Å². The van der Waals surface area contributed by atoms with Crippen molar-refractivity contribution in [2.75, 3.05) is 0 Å². The topological polar surface area (TPSA) is 51.0 Å². The van der Waals surface area contributed by atoms with Crippen LogP contribution < -0.4 is 4.43 Å². The molecule has 0 N–H and O–H groups in total. The molecule has 2 rings (SSSR count). The van der Waals surface area contributed by atoms with Gasteiger partial charge in [-0.05, 0) is 32.4 Å². The quantitative estimate of drug-likeness (QED) is 0.636. The van der Waals surface area contributed by atoms with E-state index < -0.39 is 0 Å². The lowest BCUT2D eigenvalue weighted by molar-refractivity contribution is -0.474. The summed E-state index contributed by atoms with van der Waals surface area (Å²) in [4.78, 5) is 12.0. The van der Waals surface area contributed by atoms with Gasteiger partial charge in [-0.3, -0.25) is 0 Å². The molecule has 0 spiro atoms. The van der Waals surface area contributed by atoms with E-state index in [9.17, 15) is 10.1 Å². The minimum atomic E-state index is 0.432. The maximum absolute atomic E-state index is 12.0. The highest BCUT2D eigenvalue weighted by atomic mass is 16.5. The average Bonchev–Trinajstić information content (AvgIpc) is 2.27. The molecule has 1 aromatic carbocycles. The summed E-state index contributed by atoms with van der Waals surface area (Å²) in [5.74, 6) is 0. The predicted octanol–water partition coefficient (Wildman–Crippen LogP) is 2.14. The monoisotopic (exact) mass is 218 g/mol. The first-order chi connectivity index (χ1) is 7.45. The van der Waals surface area contributed by atoms with Gasteiger partial charge in [0.2, 0.25) is 0 Å². The maximum Gasteiger partial charge on any atom is 0.289 e. The number of fused-ring (bicyclic) bond motifs is 1. The molecular formula is C12H14N2O2. The van der Waals surface area contributed by atoms with E-state index in [1.165, 1.54) is 0 Å². The lowest BCUT2D eigenvalue weighted by Crippen LogP contribution is -2.25. The van der Waals surface area contributed by atoms with Crippen LogP contribution >= 0.6 is 0 Å². The Kier molecular flexibility index (Phi) is 2.22. The second-order valence-electron chi connectivity index (χ2n) is 4.13. The Morgan fingerprint density at radius 3 is 2.44 bits per heavy atom. The molecule has 0 fully saturated rings. The molecule has 0 atom stereocenters. The van der Waals surface area contributed by atoms with Crippen molar-refractivity contribution >= 4 is 11.0 Å². The van der Waals surface area contributed by atoms with Gasteiger partial charge in [0.1, 0.15) is 5.52 Å². The van der Waals surface area contributed by atoms with Crippen LogP contribution in [0.25, 0.3) is 11.0 Å². The van der Waals surface area contributed by atoms with Crippen LogP contribution in [-0.2, 0) is 0 Å². The van der Waals surface area contributed by atoms with Crippen molar-refractivity contribution in [3.05, 3.63) is 44.8 Å². The van der Waals surface area contributed by atoms with E-state index in [0.29, 0.717) is 22.4 Å². The van der Waals surface area contributed by atoms with Crippen molar-refractivity contribution in [2.24, 2.45) is 0 Å². The Bertz CT molecular complexity index is 642. The van der Waals surface area contributed by atoms with E-state index in [1.807, 2.05) is 19.9 Å². The van der Waals surface area contributed by atoms with Gasteiger partial charge < -0.3 is 9.94 Å². The van der Waals surface area contributed by atoms with Crippen LogP contribution in [0.15, 0.2) is 12.1 Å². The lowest BCUT2D eigenvalue weighted by atomic mass is 10.1. The minimum absolute atomic E-state index is 0.432. The highest BCUT2D eigenvalue weighted by molar-refractivity contribution is 5.77. The fourth-order valence-electron chi connectivity index (χ4n) is 1.85. The molecule has 2 aromatic rings. The van der Waals surface area contributed by atoms with Gasteiger partial charge in [0, 0.05) is 17.4 Å². The number of aromatic nitrogens is 2. The summed E-state index contributed by atoms with van der Waals surface area (Å²) in [6, 6.07) is 3.56. The molecule has 84 valence electrons. The molecule has 0 saturated carbocycles. The second kappa shape index (κ2) is 3.33. The van der Waals surface area contributed by atoms with Crippen molar-refractivity contribution in [3.8, 4) is 0 Å². The fourth-order valence-corrected chi connectivity index (χ4v) is 1.85. The van der Waals surface area contributed by atoms with Crippen LogP contribution in [0.5, 0.6) is 0 Å². The van der Waals surface area contributed by atoms with Gasteiger partial charge in [0.25, 0.3) is 11.2 Å². The summed E-state index contributed by atoms with van der Waals surface area (Å²) in [6.07, 6.45) is 0. The number of nitrogens with zero attached hydrogens (tertiary/aromatic N) is 2. The number of aryl methyl sites for hydroxylation is 2. The van der Waals surface area contributed by atoms with Crippen LogP contribution in [0, 0.1) is 37.8 Å². The number of benzene rings is 1. The molecule has 0 aliphatic heterocycles. The molecule has 0 aliphatic carbocycles. The maximum atomic E-state index is 12.0. The molecule has 1 aromatic heterocycles. The molecule has 0 amide bonds. The summed E-state index contributed by atoms with van der Waals surface area (Å²) in [7, 11) is 0. The predicted molar refractivity (Wildman–Crippen MR) is 63.0 cm³/mol. The molecule has 4 heteroatoms. The molecule has 0 aliphatic rings. The zero-order valence-corrected chi connectivity index (χ0v) is 9.87.